The molecule has 1 amide bonds. The molecule has 6 nitrogen and oxygen atoms in total. The van der Waals surface area contributed by atoms with Crippen LogP contribution in [0.2, 0.25) is 0 Å². The molecule has 0 saturated carbocycles. The molecule has 1 N–H and O–H groups in total. The molecule has 3 rings (SSSR count). The summed E-state index contributed by atoms with van der Waals surface area (Å²) in [5.41, 5.74) is 1.48. The number of nitrogens with zero attached hydrogens (tertiary/aromatic N) is 1. The Hall–Kier alpha value is -3.39. The Morgan fingerprint density at radius 1 is 1.00 bits per heavy atom. The van der Waals surface area contributed by atoms with E-state index in [0.29, 0.717) is 11.4 Å². The molecular weight excluding hydrogens is 419 g/mol. The maximum absolute atomic E-state index is 13.7. The van der Waals surface area contributed by atoms with Gasteiger partial charge in [0.15, 0.2) is 6.10 Å². The number of carbonyl (C=O) groups excluding carboxylic acids is 1. The lowest BCUT2D eigenvalue weighted by Gasteiger charge is -2.20. The van der Waals surface area contributed by atoms with Crippen LogP contribution in [0, 0.1) is 12.7 Å². The van der Waals surface area contributed by atoms with Gasteiger partial charge in [-0.1, -0.05) is 29.8 Å². The second kappa shape index (κ2) is 9.18. The van der Waals surface area contributed by atoms with Crippen LogP contribution in [0.1, 0.15) is 12.5 Å². The molecule has 0 heterocycles. The van der Waals surface area contributed by atoms with Crippen LogP contribution in [0.15, 0.2) is 77.7 Å². The minimum absolute atomic E-state index is 0.0706. The largest absolute Gasteiger partial charge is 0.481 e. The molecule has 0 saturated heterocycles. The van der Waals surface area contributed by atoms with Gasteiger partial charge in [0.1, 0.15) is 11.6 Å². The second-order valence-corrected chi connectivity index (χ2v) is 8.98. The fourth-order valence-corrected chi connectivity index (χ4v) is 3.99. The van der Waals surface area contributed by atoms with Gasteiger partial charge in [-0.3, -0.25) is 9.10 Å². The average Bonchev–Trinajstić information content (AvgIpc) is 2.75. The van der Waals surface area contributed by atoms with Crippen molar-refractivity contribution in [2.45, 2.75) is 24.8 Å². The summed E-state index contributed by atoms with van der Waals surface area (Å²) in [5.74, 6) is -0.667. The summed E-state index contributed by atoms with van der Waals surface area (Å²) in [6.45, 7) is 3.43. The number of benzene rings is 3. The number of ether oxygens (including phenoxy) is 1. The van der Waals surface area contributed by atoms with Gasteiger partial charge in [0, 0.05) is 7.05 Å². The van der Waals surface area contributed by atoms with Gasteiger partial charge in [-0.25, -0.2) is 12.8 Å². The molecule has 8 heteroatoms. The standard InChI is InChI=1S/C23H23FN2O4S/c1-16-8-14-20(15-9-16)31(28,29)26(3)18-10-12-19(13-11-18)30-17(2)23(27)25-22-7-5-4-6-21(22)24/h4-15,17H,1-3H3,(H,25,27). The van der Waals surface area contributed by atoms with Crippen LogP contribution >= 0.6 is 0 Å². The number of nitrogens with one attached hydrogen (secondary N) is 1. The molecule has 0 bridgehead atoms. The lowest BCUT2D eigenvalue weighted by molar-refractivity contribution is -0.122. The van der Waals surface area contributed by atoms with Gasteiger partial charge in [0.05, 0.1) is 16.3 Å². The van der Waals surface area contributed by atoms with E-state index in [-0.39, 0.29) is 10.6 Å². The quantitative estimate of drug-likeness (QED) is 0.590. The summed E-state index contributed by atoms with van der Waals surface area (Å²) >= 11 is 0. The Balaban J connectivity index is 1.67. The van der Waals surface area contributed by atoms with Crippen molar-refractivity contribution in [1.82, 2.24) is 0 Å². The maximum atomic E-state index is 13.7. The maximum Gasteiger partial charge on any atom is 0.265 e. The Bertz CT molecular complexity index is 1160. The molecular formula is C23H23FN2O4S. The van der Waals surface area contributed by atoms with Crippen molar-refractivity contribution < 1.29 is 22.3 Å². The zero-order chi connectivity index (χ0) is 22.6. The number of amides is 1. The van der Waals surface area contributed by atoms with E-state index in [1.54, 1.807) is 54.6 Å². The third-order valence-corrected chi connectivity index (χ3v) is 6.49. The van der Waals surface area contributed by atoms with Crippen molar-refractivity contribution in [3.8, 4) is 5.75 Å². The van der Waals surface area contributed by atoms with Crippen molar-refractivity contribution in [2.24, 2.45) is 0 Å². The van der Waals surface area contributed by atoms with E-state index in [4.69, 9.17) is 4.74 Å². The first-order chi connectivity index (χ1) is 14.7. The van der Waals surface area contributed by atoms with Gasteiger partial charge < -0.3 is 10.1 Å². The highest BCUT2D eigenvalue weighted by Gasteiger charge is 2.21. The molecule has 3 aromatic carbocycles. The van der Waals surface area contributed by atoms with E-state index >= 15 is 0 Å². The van der Waals surface area contributed by atoms with Crippen LogP contribution in [0.5, 0.6) is 5.75 Å². The molecule has 0 aliphatic rings. The van der Waals surface area contributed by atoms with Crippen molar-refractivity contribution in [3.05, 3.63) is 84.2 Å². The van der Waals surface area contributed by atoms with E-state index in [9.17, 15) is 17.6 Å². The molecule has 1 atom stereocenters. The summed E-state index contributed by atoms with van der Waals surface area (Å²) in [6, 6.07) is 18.8. The summed E-state index contributed by atoms with van der Waals surface area (Å²) < 4.78 is 46.1. The molecule has 162 valence electrons. The first kappa shape index (κ1) is 22.3. The third kappa shape index (κ3) is 5.21. The van der Waals surface area contributed by atoms with Gasteiger partial charge in [0.25, 0.3) is 15.9 Å². The van der Waals surface area contributed by atoms with E-state index in [1.807, 2.05) is 6.92 Å². The Labute approximate surface area is 181 Å². The zero-order valence-corrected chi connectivity index (χ0v) is 18.2. The van der Waals surface area contributed by atoms with Crippen LogP contribution < -0.4 is 14.4 Å². The molecule has 3 aromatic rings. The van der Waals surface area contributed by atoms with Gasteiger partial charge >= 0.3 is 0 Å². The molecule has 31 heavy (non-hydrogen) atoms. The number of para-hydroxylation sites is 1. The molecule has 0 spiro atoms. The Kier molecular flexibility index (Phi) is 6.60. The zero-order valence-electron chi connectivity index (χ0n) is 17.4. The summed E-state index contributed by atoms with van der Waals surface area (Å²) in [7, 11) is -2.24. The predicted molar refractivity (Wildman–Crippen MR) is 118 cm³/mol. The van der Waals surface area contributed by atoms with E-state index in [1.165, 1.54) is 36.5 Å². The third-order valence-electron chi connectivity index (χ3n) is 4.69. The number of hydrogen-bond acceptors (Lipinski definition) is 4. The minimum Gasteiger partial charge on any atom is -0.481 e. The molecule has 0 radical (unpaired) electrons. The number of carbonyl (C=O) groups is 1. The highest BCUT2D eigenvalue weighted by molar-refractivity contribution is 7.92. The van der Waals surface area contributed by atoms with Crippen LogP contribution in [-0.2, 0) is 14.8 Å². The fraction of sp³-hybridized carbons (Fsp3) is 0.174. The Morgan fingerprint density at radius 2 is 1.61 bits per heavy atom. The van der Waals surface area contributed by atoms with Crippen molar-refractivity contribution >= 4 is 27.3 Å². The van der Waals surface area contributed by atoms with Gasteiger partial charge in [-0.05, 0) is 62.4 Å². The smallest absolute Gasteiger partial charge is 0.265 e. The molecule has 0 fully saturated rings. The van der Waals surface area contributed by atoms with Crippen LogP contribution in [-0.4, -0.2) is 27.5 Å². The van der Waals surface area contributed by atoms with Crippen LogP contribution in [0.3, 0.4) is 0 Å². The molecule has 1 unspecified atom stereocenters. The van der Waals surface area contributed by atoms with E-state index in [2.05, 4.69) is 5.32 Å². The topological polar surface area (TPSA) is 75.7 Å². The molecule has 0 aliphatic heterocycles. The normalized spacial score (nSPS) is 12.1. The summed E-state index contributed by atoms with van der Waals surface area (Å²) in [4.78, 5) is 12.5. The van der Waals surface area contributed by atoms with Crippen LogP contribution in [0.25, 0.3) is 0 Å². The van der Waals surface area contributed by atoms with Crippen molar-refractivity contribution in [3.63, 3.8) is 0 Å². The van der Waals surface area contributed by atoms with E-state index < -0.39 is 27.9 Å². The fourth-order valence-electron chi connectivity index (χ4n) is 2.80. The monoisotopic (exact) mass is 442 g/mol. The number of hydrogen-bond donors (Lipinski definition) is 1. The summed E-state index contributed by atoms with van der Waals surface area (Å²) in [5, 5.41) is 2.48. The van der Waals surface area contributed by atoms with Gasteiger partial charge in [-0.15, -0.1) is 0 Å². The first-order valence-electron chi connectivity index (χ1n) is 9.56. The molecule has 0 aromatic heterocycles. The number of anilines is 2. The van der Waals surface area contributed by atoms with Crippen molar-refractivity contribution in [1.29, 1.82) is 0 Å². The van der Waals surface area contributed by atoms with Gasteiger partial charge in [-0.2, -0.15) is 0 Å². The van der Waals surface area contributed by atoms with Gasteiger partial charge in [0.2, 0.25) is 0 Å². The lowest BCUT2D eigenvalue weighted by atomic mass is 10.2. The number of halogens is 1. The number of aryl methyl sites for hydroxylation is 1. The van der Waals surface area contributed by atoms with E-state index in [0.717, 1.165) is 5.56 Å². The second-order valence-electron chi connectivity index (χ2n) is 7.01. The highest BCUT2D eigenvalue weighted by atomic mass is 32.2. The minimum atomic E-state index is -3.70. The van der Waals surface area contributed by atoms with Crippen LogP contribution in [0.4, 0.5) is 15.8 Å². The Morgan fingerprint density at radius 3 is 2.23 bits per heavy atom. The molecule has 0 aliphatic carbocycles. The SMILES string of the molecule is Cc1ccc(S(=O)(=O)N(C)c2ccc(OC(C)C(=O)Nc3ccccc3F)cc2)cc1. The lowest BCUT2D eigenvalue weighted by Crippen LogP contribution is -2.30. The number of rotatable bonds is 7. The summed E-state index contributed by atoms with van der Waals surface area (Å²) in [6.07, 6.45) is -0.889. The first-order valence-corrected chi connectivity index (χ1v) is 11.0. The van der Waals surface area contributed by atoms with Crippen molar-refractivity contribution in [2.75, 3.05) is 16.7 Å². The highest BCUT2D eigenvalue weighted by Crippen LogP contribution is 2.25. The predicted octanol–water partition coefficient (Wildman–Crippen LogP) is 4.37. The number of sulfonamides is 1. The average molecular weight is 443 g/mol.